The van der Waals surface area contributed by atoms with Gasteiger partial charge in [0.05, 0.1) is 12.4 Å². The molecule has 1 N–H and O–H groups in total. The quantitative estimate of drug-likeness (QED) is 0.889. The third kappa shape index (κ3) is 3.94. The van der Waals surface area contributed by atoms with E-state index in [1.807, 2.05) is 26.0 Å². The van der Waals surface area contributed by atoms with Crippen LogP contribution < -0.4 is 9.46 Å². The summed E-state index contributed by atoms with van der Waals surface area (Å²) in [6.45, 7) is 4.71. The average Bonchev–Trinajstić information content (AvgIpc) is 2.71. The van der Waals surface area contributed by atoms with Gasteiger partial charge in [-0.25, -0.2) is 13.1 Å². The van der Waals surface area contributed by atoms with Gasteiger partial charge in [-0.05, 0) is 23.6 Å². The molecule has 1 aromatic carbocycles. The maximum absolute atomic E-state index is 11.8. The molecule has 1 aliphatic rings. The molecule has 1 aliphatic heterocycles. The average molecular weight is 348 g/mol. The molecule has 19 heavy (non-hydrogen) atoms. The van der Waals surface area contributed by atoms with Crippen LogP contribution in [-0.4, -0.2) is 20.8 Å². The van der Waals surface area contributed by atoms with Crippen LogP contribution >= 0.6 is 15.9 Å². The number of ether oxygens (including phenoxy) is 1. The molecule has 0 saturated carbocycles. The van der Waals surface area contributed by atoms with Crippen LogP contribution in [-0.2, 0) is 23.0 Å². The van der Waals surface area contributed by atoms with Gasteiger partial charge in [0.15, 0.2) is 0 Å². The Bertz CT molecular complexity index is 569. The second-order valence-corrected chi connectivity index (χ2v) is 7.92. The maximum atomic E-state index is 11.8. The van der Waals surface area contributed by atoms with Gasteiger partial charge in [0, 0.05) is 23.0 Å². The van der Waals surface area contributed by atoms with Crippen LogP contribution in [0, 0.1) is 5.92 Å². The van der Waals surface area contributed by atoms with E-state index in [1.165, 1.54) is 0 Å². The lowest BCUT2D eigenvalue weighted by Crippen LogP contribution is -2.28. The molecule has 106 valence electrons. The zero-order chi connectivity index (χ0) is 14.0. The molecule has 0 atom stereocenters. The molecule has 0 aromatic heterocycles. The molecule has 2 rings (SSSR count). The highest BCUT2D eigenvalue weighted by Crippen LogP contribution is 2.32. The van der Waals surface area contributed by atoms with Crippen molar-refractivity contribution in [2.75, 3.05) is 12.4 Å². The zero-order valence-corrected chi connectivity index (χ0v) is 13.5. The maximum Gasteiger partial charge on any atom is 0.212 e. The molecule has 4 nitrogen and oxygen atoms in total. The molecule has 0 amide bonds. The van der Waals surface area contributed by atoms with Crippen molar-refractivity contribution in [2.45, 2.75) is 26.8 Å². The normalized spacial score (nSPS) is 14.5. The molecule has 0 unspecified atom stereocenters. The molecule has 0 aliphatic carbocycles. The number of fused-ring (bicyclic) bond motifs is 1. The van der Waals surface area contributed by atoms with E-state index in [9.17, 15) is 8.42 Å². The van der Waals surface area contributed by atoms with Gasteiger partial charge in [0.25, 0.3) is 0 Å². The van der Waals surface area contributed by atoms with Crippen molar-refractivity contribution in [3.63, 3.8) is 0 Å². The van der Waals surface area contributed by atoms with E-state index in [2.05, 4.69) is 20.7 Å². The monoisotopic (exact) mass is 347 g/mol. The SMILES string of the molecule is CC(C)CS(=O)(=O)NCc1cc(Br)cc2c1OCC2. The summed E-state index contributed by atoms with van der Waals surface area (Å²) in [5, 5.41) is 0. The molecule has 1 aromatic rings. The minimum atomic E-state index is -3.23. The number of halogens is 1. The third-order valence-corrected chi connectivity index (χ3v) is 5.01. The number of hydrogen-bond acceptors (Lipinski definition) is 3. The summed E-state index contributed by atoms with van der Waals surface area (Å²) in [7, 11) is -3.23. The Kier molecular flexibility index (Phi) is 4.53. The van der Waals surface area contributed by atoms with Crippen molar-refractivity contribution in [1.29, 1.82) is 0 Å². The summed E-state index contributed by atoms with van der Waals surface area (Å²) in [4.78, 5) is 0. The van der Waals surface area contributed by atoms with Gasteiger partial charge in [-0.1, -0.05) is 29.8 Å². The van der Waals surface area contributed by atoms with E-state index in [1.54, 1.807) is 0 Å². The first-order valence-electron chi connectivity index (χ1n) is 6.29. The van der Waals surface area contributed by atoms with E-state index >= 15 is 0 Å². The smallest absolute Gasteiger partial charge is 0.212 e. The highest BCUT2D eigenvalue weighted by Gasteiger charge is 2.19. The van der Waals surface area contributed by atoms with Crippen molar-refractivity contribution < 1.29 is 13.2 Å². The van der Waals surface area contributed by atoms with Gasteiger partial charge in [0.1, 0.15) is 5.75 Å². The summed E-state index contributed by atoms with van der Waals surface area (Å²) in [5.74, 6) is 1.08. The van der Waals surface area contributed by atoms with Crippen molar-refractivity contribution in [1.82, 2.24) is 4.72 Å². The Hall–Kier alpha value is -0.590. The van der Waals surface area contributed by atoms with Crippen LogP contribution in [0.15, 0.2) is 16.6 Å². The second kappa shape index (κ2) is 5.81. The van der Waals surface area contributed by atoms with E-state index in [0.717, 1.165) is 27.8 Å². The Morgan fingerprint density at radius 2 is 2.16 bits per heavy atom. The minimum Gasteiger partial charge on any atom is -0.493 e. The molecule has 1 heterocycles. The lowest BCUT2D eigenvalue weighted by molar-refractivity contribution is 0.353. The van der Waals surface area contributed by atoms with E-state index in [-0.39, 0.29) is 18.2 Å². The molecule has 0 saturated heterocycles. The highest BCUT2D eigenvalue weighted by molar-refractivity contribution is 9.10. The predicted octanol–water partition coefficient (Wildman–Crippen LogP) is 2.46. The molecule has 0 fully saturated rings. The van der Waals surface area contributed by atoms with Crippen LogP contribution in [0.2, 0.25) is 0 Å². The fraction of sp³-hybridized carbons (Fsp3) is 0.538. The fourth-order valence-corrected chi connectivity index (χ4v) is 4.09. The van der Waals surface area contributed by atoms with Crippen LogP contribution in [0.25, 0.3) is 0 Å². The van der Waals surface area contributed by atoms with Gasteiger partial charge < -0.3 is 4.74 Å². The van der Waals surface area contributed by atoms with Crippen molar-refractivity contribution in [3.8, 4) is 5.75 Å². The molecular weight excluding hydrogens is 330 g/mol. The minimum absolute atomic E-state index is 0.113. The number of nitrogens with one attached hydrogen (secondary N) is 1. The Morgan fingerprint density at radius 3 is 2.84 bits per heavy atom. The summed E-state index contributed by atoms with van der Waals surface area (Å²) in [5.41, 5.74) is 2.02. The first-order valence-corrected chi connectivity index (χ1v) is 8.73. The second-order valence-electron chi connectivity index (χ2n) is 5.15. The molecule has 0 spiro atoms. The number of hydrogen-bond donors (Lipinski definition) is 1. The lowest BCUT2D eigenvalue weighted by Gasteiger charge is -2.12. The van der Waals surface area contributed by atoms with Crippen LogP contribution in [0.4, 0.5) is 0 Å². The van der Waals surface area contributed by atoms with Crippen LogP contribution in [0.5, 0.6) is 5.75 Å². The molecule has 0 radical (unpaired) electrons. The topological polar surface area (TPSA) is 55.4 Å². The largest absolute Gasteiger partial charge is 0.493 e. The number of rotatable bonds is 5. The van der Waals surface area contributed by atoms with E-state index < -0.39 is 10.0 Å². The third-order valence-electron chi connectivity index (χ3n) is 2.86. The van der Waals surface area contributed by atoms with Gasteiger partial charge in [0.2, 0.25) is 10.0 Å². The number of benzene rings is 1. The van der Waals surface area contributed by atoms with Crippen molar-refractivity contribution in [3.05, 3.63) is 27.7 Å². The summed E-state index contributed by atoms with van der Waals surface area (Å²) in [6.07, 6.45) is 0.876. The van der Waals surface area contributed by atoms with Crippen molar-refractivity contribution in [2.24, 2.45) is 5.92 Å². The van der Waals surface area contributed by atoms with E-state index in [0.29, 0.717) is 6.61 Å². The van der Waals surface area contributed by atoms with Crippen molar-refractivity contribution >= 4 is 26.0 Å². The van der Waals surface area contributed by atoms with Crippen LogP contribution in [0.3, 0.4) is 0 Å². The summed E-state index contributed by atoms with van der Waals surface area (Å²) >= 11 is 3.44. The Balaban J connectivity index is 2.12. The Morgan fingerprint density at radius 1 is 1.42 bits per heavy atom. The highest BCUT2D eigenvalue weighted by atomic mass is 79.9. The van der Waals surface area contributed by atoms with E-state index in [4.69, 9.17) is 4.74 Å². The molecular formula is C13H18BrNO3S. The number of sulfonamides is 1. The van der Waals surface area contributed by atoms with Gasteiger partial charge in [-0.3, -0.25) is 0 Å². The standard InChI is InChI=1S/C13H18BrNO3S/c1-9(2)8-19(16,17)15-7-11-6-12(14)5-10-3-4-18-13(10)11/h5-6,9,15H,3-4,7-8H2,1-2H3. The summed E-state index contributed by atoms with van der Waals surface area (Å²) < 4.78 is 32.8. The zero-order valence-electron chi connectivity index (χ0n) is 11.1. The van der Waals surface area contributed by atoms with Gasteiger partial charge in [-0.15, -0.1) is 0 Å². The fourth-order valence-electron chi connectivity index (χ4n) is 2.16. The van der Waals surface area contributed by atoms with Gasteiger partial charge in [-0.2, -0.15) is 0 Å². The first-order chi connectivity index (χ1) is 8.87. The first kappa shape index (κ1) is 14.8. The Labute approximate surface area is 122 Å². The molecule has 6 heteroatoms. The predicted molar refractivity (Wildman–Crippen MR) is 78.8 cm³/mol. The van der Waals surface area contributed by atoms with Gasteiger partial charge >= 0.3 is 0 Å². The molecule has 0 bridgehead atoms. The van der Waals surface area contributed by atoms with Crippen LogP contribution in [0.1, 0.15) is 25.0 Å². The summed E-state index contributed by atoms with van der Waals surface area (Å²) in [6, 6.07) is 3.93. The lowest BCUT2D eigenvalue weighted by atomic mass is 10.1.